The molecule has 0 amide bonds. The first-order valence-electron chi connectivity index (χ1n) is 6.04. The molecule has 4 aliphatic rings. The van der Waals surface area contributed by atoms with Gasteiger partial charge in [-0.05, 0) is 0 Å². The molecule has 26 heavy (non-hydrogen) atoms. The molecule has 4 fully saturated rings. The Labute approximate surface area is 130 Å². The molecule has 0 aromatic heterocycles. The standard InChI is InChI=1S/C10F15O/c11-1-5(14,15)2(12)7(18,19)3(13,6(1,16)17)10(24,25)4(26,8(1,20)21)9(2,22)23. The molecule has 0 aromatic rings. The Morgan fingerprint density at radius 1 is 0.308 bits per heavy atom. The summed E-state index contributed by atoms with van der Waals surface area (Å²) in [6.45, 7) is 0. The monoisotopic (exact) mass is 421 g/mol. The van der Waals surface area contributed by atoms with Crippen LogP contribution in [0.4, 0.5) is 65.9 Å². The lowest BCUT2D eigenvalue weighted by atomic mass is 9.40. The van der Waals surface area contributed by atoms with E-state index < -0.39 is 58.1 Å². The fraction of sp³-hybridized carbons (Fsp3) is 1.00. The van der Waals surface area contributed by atoms with E-state index in [1.165, 1.54) is 0 Å². The summed E-state index contributed by atoms with van der Waals surface area (Å²) in [6, 6.07) is 0. The van der Waals surface area contributed by atoms with E-state index in [9.17, 15) is 71.0 Å². The van der Waals surface area contributed by atoms with Gasteiger partial charge in [-0.1, -0.05) is 0 Å². The molecular formula is C10F15O. The van der Waals surface area contributed by atoms with Crippen LogP contribution in [-0.2, 0) is 5.11 Å². The highest BCUT2D eigenvalue weighted by molar-refractivity contribution is 5.53. The third kappa shape index (κ3) is 0.962. The minimum Gasteiger partial charge on any atom is -0.223 e. The Morgan fingerprint density at radius 3 is 0.615 bits per heavy atom. The van der Waals surface area contributed by atoms with Gasteiger partial charge in [0.05, 0.1) is 0 Å². The zero-order valence-electron chi connectivity index (χ0n) is 11.1. The van der Waals surface area contributed by atoms with Gasteiger partial charge in [0, 0.05) is 0 Å². The van der Waals surface area contributed by atoms with Gasteiger partial charge in [-0.2, -0.15) is 52.7 Å². The lowest BCUT2D eigenvalue weighted by molar-refractivity contribution is -0.622. The highest BCUT2D eigenvalue weighted by Crippen LogP contribution is 2.88. The van der Waals surface area contributed by atoms with Crippen LogP contribution >= 0.6 is 0 Å². The maximum absolute atomic E-state index is 14.1. The van der Waals surface area contributed by atoms with E-state index in [1.807, 2.05) is 0 Å². The Morgan fingerprint density at radius 2 is 0.462 bits per heavy atom. The summed E-state index contributed by atoms with van der Waals surface area (Å²) in [5.74, 6) is -47.0. The second kappa shape index (κ2) is 3.62. The summed E-state index contributed by atoms with van der Waals surface area (Å²) >= 11 is 0. The fourth-order valence-electron chi connectivity index (χ4n) is 3.81. The van der Waals surface area contributed by atoms with E-state index in [0.717, 1.165) is 0 Å². The van der Waals surface area contributed by atoms with Gasteiger partial charge in [0.2, 0.25) is 0 Å². The lowest BCUT2D eigenvalue weighted by Crippen LogP contribution is -3.09. The summed E-state index contributed by atoms with van der Waals surface area (Å²) < 4.78 is 206. The first-order valence-corrected chi connectivity index (χ1v) is 6.04. The summed E-state index contributed by atoms with van der Waals surface area (Å²) in [5, 5.41) is 11.5. The number of hydrogen-bond donors (Lipinski definition) is 0. The Bertz CT molecular complexity index is 512. The van der Waals surface area contributed by atoms with Gasteiger partial charge >= 0.3 is 58.1 Å². The van der Waals surface area contributed by atoms with Crippen molar-refractivity contribution in [3.05, 3.63) is 0 Å². The first kappa shape index (κ1) is 19.7. The molecular weight excluding hydrogens is 421 g/mol. The molecule has 0 saturated heterocycles. The number of alkyl halides is 15. The molecule has 0 N–H and O–H groups in total. The van der Waals surface area contributed by atoms with Gasteiger partial charge in [-0.25, -0.2) is 18.3 Å². The van der Waals surface area contributed by atoms with Crippen molar-refractivity contribution in [2.45, 2.75) is 58.1 Å². The quantitative estimate of drug-likeness (QED) is 0.525. The predicted molar refractivity (Wildman–Crippen MR) is 44.6 cm³/mol. The molecule has 16 heteroatoms. The zero-order valence-corrected chi connectivity index (χ0v) is 11.1. The molecule has 4 aliphatic carbocycles. The maximum atomic E-state index is 14.1. The van der Waals surface area contributed by atoms with Gasteiger partial charge in [0.25, 0.3) is 0 Å². The van der Waals surface area contributed by atoms with Crippen LogP contribution in [0.2, 0.25) is 0 Å². The maximum Gasteiger partial charge on any atom is 0.339 e. The van der Waals surface area contributed by atoms with E-state index in [4.69, 9.17) is 0 Å². The highest BCUT2D eigenvalue weighted by Gasteiger charge is 3.23. The van der Waals surface area contributed by atoms with Crippen molar-refractivity contribution >= 4 is 0 Å². The molecule has 0 atom stereocenters. The predicted octanol–water partition coefficient (Wildman–Crippen LogP) is 4.13. The molecule has 1 nitrogen and oxygen atoms in total. The SMILES string of the molecule is [O]C12C(F)(F)C3(F)C(F)(F)C(F)(C1(F)F)C(F)(F)C(F)(C2(F)F)C3(F)F. The second-order valence-corrected chi connectivity index (χ2v) is 6.10. The van der Waals surface area contributed by atoms with Crippen LogP contribution in [0, 0.1) is 0 Å². The molecule has 151 valence electrons. The second-order valence-electron chi connectivity index (χ2n) is 6.10. The minimum absolute atomic E-state index is 7.57. The third-order valence-corrected chi connectivity index (χ3v) is 5.22. The molecule has 0 unspecified atom stereocenters. The van der Waals surface area contributed by atoms with Crippen LogP contribution in [0.25, 0.3) is 0 Å². The van der Waals surface area contributed by atoms with E-state index in [1.54, 1.807) is 0 Å². The summed E-state index contributed by atoms with van der Waals surface area (Å²) in [5.41, 5.74) is -30.9. The van der Waals surface area contributed by atoms with Crippen molar-refractivity contribution in [2.24, 2.45) is 0 Å². The first-order chi connectivity index (χ1) is 11.0. The average Bonchev–Trinajstić information content (AvgIpc) is 2.46. The van der Waals surface area contributed by atoms with E-state index in [2.05, 4.69) is 0 Å². The van der Waals surface area contributed by atoms with Crippen molar-refractivity contribution < 1.29 is 71.0 Å². The third-order valence-electron chi connectivity index (χ3n) is 5.22. The van der Waals surface area contributed by atoms with Gasteiger partial charge in [-0.3, -0.25) is 0 Å². The van der Waals surface area contributed by atoms with Crippen LogP contribution in [0.1, 0.15) is 0 Å². The molecule has 0 spiro atoms. The Hall–Kier alpha value is -1.09. The fourth-order valence-corrected chi connectivity index (χ4v) is 3.81. The topological polar surface area (TPSA) is 19.9 Å². The van der Waals surface area contributed by atoms with Crippen molar-refractivity contribution in [2.75, 3.05) is 0 Å². The van der Waals surface area contributed by atoms with Crippen LogP contribution in [-0.4, -0.2) is 58.1 Å². The van der Waals surface area contributed by atoms with Gasteiger partial charge < -0.3 is 0 Å². The summed E-state index contributed by atoms with van der Waals surface area (Å²) in [4.78, 5) is 0. The average molecular weight is 421 g/mol. The Kier molecular flexibility index (Phi) is 2.74. The minimum atomic E-state index is -7.88. The lowest BCUT2D eigenvalue weighted by Gasteiger charge is -2.73. The van der Waals surface area contributed by atoms with Gasteiger partial charge in [-0.15, -0.1) is 0 Å². The van der Waals surface area contributed by atoms with Crippen LogP contribution < -0.4 is 0 Å². The molecule has 4 saturated carbocycles. The van der Waals surface area contributed by atoms with Crippen LogP contribution in [0.5, 0.6) is 0 Å². The van der Waals surface area contributed by atoms with Gasteiger partial charge in [0.1, 0.15) is 0 Å². The van der Waals surface area contributed by atoms with Crippen molar-refractivity contribution in [3.63, 3.8) is 0 Å². The van der Waals surface area contributed by atoms with E-state index in [0.29, 0.717) is 0 Å². The van der Waals surface area contributed by atoms with E-state index in [-0.39, 0.29) is 0 Å². The normalized spacial score (nSPS) is 53.5. The molecule has 0 heterocycles. The highest BCUT2D eigenvalue weighted by atomic mass is 19.3. The molecule has 1 radical (unpaired) electrons. The van der Waals surface area contributed by atoms with Gasteiger partial charge in [0.15, 0.2) is 0 Å². The number of halogens is 15. The largest absolute Gasteiger partial charge is 0.339 e. The zero-order chi connectivity index (χ0) is 21.0. The molecule has 4 bridgehead atoms. The van der Waals surface area contributed by atoms with Crippen LogP contribution in [0.15, 0.2) is 0 Å². The molecule has 0 aliphatic heterocycles. The van der Waals surface area contributed by atoms with Crippen molar-refractivity contribution in [1.29, 1.82) is 0 Å². The molecule has 4 rings (SSSR count). The smallest absolute Gasteiger partial charge is 0.223 e. The molecule has 0 aromatic carbocycles. The van der Waals surface area contributed by atoms with E-state index >= 15 is 0 Å². The van der Waals surface area contributed by atoms with Crippen molar-refractivity contribution in [1.82, 2.24) is 0 Å². The summed E-state index contributed by atoms with van der Waals surface area (Å²) in [7, 11) is 0. The Balaban J connectivity index is 2.71. The summed E-state index contributed by atoms with van der Waals surface area (Å²) in [6.07, 6.45) is 0. The number of rotatable bonds is 0. The van der Waals surface area contributed by atoms with Crippen molar-refractivity contribution in [3.8, 4) is 0 Å². The number of hydrogen-bond acceptors (Lipinski definition) is 0. The van der Waals surface area contributed by atoms with Crippen LogP contribution in [0.3, 0.4) is 0 Å².